The molecule has 4 nitrogen and oxygen atoms in total. The lowest BCUT2D eigenvalue weighted by molar-refractivity contribution is 0.00354. The smallest absolute Gasteiger partial charge is 0.410 e. The summed E-state index contributed by atoms with van der Waals surface area (Å²) in [6.45, 7) is 12.7. The molecule has 1 aliphatic heterocycles. The molecule has 0 fully saturated rings. The zero-order valence-corrected chi connectivity index (χ0v) is 15.1. The van der Waals surface area contributed by atoms with Crippen molar-refractivity contribution in [2.75, 3.05) is 6.54 Å². The molecule has 1 N–H and O–H groups in total. The summed E-state index contributed by atoms with van der Waals surface area (Å²) in [5.74, 6) is 0.280. The van der Waals surface area contributed by atoms with Crippen molar-refractivity contribution in [3.8, 4) is 5.75 Å². The standard InChI is InChI=1S/C19H29NO3/c1-18(2,3)16-12-14-11-15(21)8-7-13(14)9-10-20(16)17(22)23-19(4,5)6/h7-8,11,16,21H,9-10,12H2,1-6H3. The lowest BCUT2D eigenvalue weighted by atomic mass is 9.82. The van der Waals surface area contributed by atoms with Gasteiger partial charge in [0.25, 0.3) is 0 Å². The second-order valence-electron chi connectivity index (χ2n) is 8.46. The predicted octanol–water partition coefficient (Wildman–Crippen LogP) is 4.14. The normalized spacial score (nSPS) is 19.0. The molecule has 0 radical (unpaired) electrons. The maximum Gasteiger partial charge on any atom is 0.410 e. The molecule has 1 atom stereocenters. The van der Waals surface area contributed by atoms with E-state index >= 15 is 0 Å². The van der Waals surface area contributed by atoms with Gasteiger partial charge in [-0.2, -0.15) is 0 Å². The Morgan fingerprint density at radius 2 is 1.83 bits per heavy atom. The molecule has 1 amide bonds. The average molecular weight is 319 g/mol. The van der Waals surface area contributed by atoms with Crippen LogP contribution in [-0.4, -0.2) is 34.3 Å². The number of hydrogen-bond acceptors (Lipinski definition) is 3. The van der Waals surface area contributed by atoms with Crippen molar-refractivity contribution in [1.29, 1.82) is 0 Å². The van der Waals surface area contributed by atoms with Crippen LogP contribution in [-0.2, 0) is 17.6 Å². The maximum atomic E-state index is 12.7. The highest BCUT2D eigenvalue weighted by atomic mass is 16.6. The summed E-state index contributed by atoms with van der Waals surface area (Å²) >= 11 is 0. The van der Waals surface area contributed by atoms with Crippen molar-refractivity contribution in [3.05, 3.63) is 29.3 Å². The van der Waals surface area contributed by atoms with Gasteiger partial charge in [-0.25, -0.2) is 4.79 Å². The monoisotopic (exact) mass is 319 g/mol. The first kappa shape index (κ1) is 17.6. The van der Waals surface area contributed by atoms with E-state index in [1.54, 1.807) is 6.07 Å². The molecular weight excluding hydrogens is 290 g/mol. The van der Waals surface area contributed by atoms with Crippen molar-refractivity contribution in [2.45, 2.75) is 66.0 Å². The number of aromatic hydroxyl groups is 1. The van der Waals surface area contributed by atoms with Crippen molar-refractivity contribution in [2.24, 2.45) is 5.41 Å². The number of hydrogen-bond donors (Lipinski definition) is 1. The number of benzene rings is 1. The molecular formula is C19H29NO3. The second-order valence-corrected chi connectivity index (χ2v) is 8.46. The number of carbonyl (C=O) groups is 1. The lowest BCUT2D eigenvalue weighted by Gasteiger charge is -2.39. The number of ether oxygens (including phenoxy) is 1. The van der Waals surface area contributed by atoms with Gasteiger partial charge in [0.1, 0.15) is 11.4 Å². The molecule has 23 heavy (non-hydrogen) atoms. The number of phenolic OH excluding ortho intramolecular Hbond substituents is 1. The minimum atomic E-state index is -0.503. The van der Waals surface area contributed by atoms with E-state index in [9.17, 15) is 9.90 Å². The fourth-order valence-corrected chi connectivity index (χ4v) is 3.07. The van der Waals surface area contributed by atoms with Crippen LogP contribution in [0.25, 0.3) is 0 Å². The van der Waals surface area contributed by atoms with Crippen molar-refractivity contribution in [1.82, 2.24) is 4.90 Å². The quantitative estimate of drug-likeness (QED) is 0.782. The zero-order chi connectivity index (χ0) is 17.4. The van der Waals surface area contributed by atoms with E-state index < -0.39 is 5.60 Å². The Hall–Kier alpha value is -1.71. The van der Waals surface area contributed by atoms with E-state index in [0.717, 1.165) is 18.4 Å². The number of rotatable bonds is 0. The molecule has 1 aromatic rings. The van der Waals surface area contributed by atoms with E-state index in [-0.39, 0.29) is 23.3 Å². The minimum Gasteiger partial charge on any atom is -0.508 e. The first-order chi connectivity index (χ1) is 10.5. The number of carbonyl (C=O) groups excluding carboxylic acids is 1. The first-order valence-corrected chi connectivity index (χ1v) is 8.28. The van der Waals surface area contributed by atoms with E-state index in [1.807, 2.05) is 37.8 Å². The van der Waals surface area contributed by atoms with E-state index in [1.165, 1.54) is 5.56 Å². The van der Waals surface area contributed by atoms with Crippen LogP contribution >= 0.6 is 0 Å². The van der Waals surface area contributed by atoms with Gasteiger partial charge < -0.3 is 14.7 Å². The minimum absolute atomic E-state index is 0.0281. The summed E-state index contributed by atoms with van der Waals surface area (Å²) in [6.07, 6.45) is 1.25. The fraction of sp³-hybridized carbons (Fsp3) is 0.632. The summed E-state index contributed by atoms with van der Waals surface area (Å²) < 4.78 is 5.62. The molecule has 0 spiro atoms. The van der Waals surface area contributed by atoms with Gasteiger partial charge in [0, 0.05) is 12.6 Å². The van der Waals surface area contributed by atoms with Gasteiger partial charge in [-0.1, -0.05) is 26.8 Å². The number of amides is 1. The Bertz CT molecular complexity index is 581. The number of nitrogens with zero attached hydrogens (tertiary/aromatic N) is 1. The third kappa shape index (κ3) is 4.40. The Kier molecular flexibility index (Phi) is 4.65. The average Bonchev–Trinajstić information content (AvgIpc) is 2.55. The van der Waals surface area contributed by atoms with Crippen LogP contribution in [0.5, 0.6) is 5.75 Å². The van der Waals surface area contributed by atoms with Gasteiger partial charge >= 0.3 is 6.09 Å². The highest BCUT2D eigenvalue weighted by Crippen LogP contribution is 2.33. The lowest BCUT2D eigenvalue weighted by Crippen LogP contribution is -2.50. The van der Waals surface area contributed by atoms with Crippen molar-refractivity contribution < 1.29 is 14.6 Å². The van der Waals surface area contributed by atoms with Crippen LogP contribution in [0.2, 0.25) is 0 Å². The van der Waals surface area contributed by atoms with E-state index in [2.05, 4.69) is 20.8 Å². The van der Waals surface area contributed by atoms with Gasteiger partial charge in [-0.05, 0) is 62.3 Å². The van der Waals surface area contributed by atoms with Gasteiger partial charge in [-0.15, -0.1) is 0 Å². The van der Waals surface area contributed by atoms with Gasteiger partial charge in [0.2, 0.25) is 0 Å². The molecule has 2 rings (SSSR count). The number of fused-ring (bicyclic) bond motifs is 1. The molecule has 0 saturated carbocycles. The van der Waals surface area contributed by atoms with Crippen LogP contribution in [0.3, 0.4) is 0 Å². The van der Waals surface area contributed by atoms with Crippen molar-refractivity contribution in [3.63, 3.8) is 0 Å². The SMILES string of the molecule is CC(C)(C)OC(=O)N1CCc2ccc(O)cc2CC1C(C)(C)C. The molecule has 128 valence electrons. The summed E-state index contributed by atoms with van der Waals surface area (Å²) in [5.41, 5.74) is 1.74. The predicted molar refractivity (Wildman–Crippen MR) is 91.7 cm³/mol. The summed E-state index contributed by atoms with van der Waals surface area (Å²) in [6, 6.07) is 5.53. The molecule has 1 aromatic carbocycles. The van der Waals surface area contributed by atoms with Crippen LogP contribution < -0.4 is 0 Å². The maximum absolute atomic E-state index is 12.7. The van der Waals surface area contributed by atoms with Crippen LogP contribution in [0, 0.1) is 5.41 Å². The number of phenols is 1. The van der Waals surface area contributed by atoms with Crippen LogP contribution in [0.4, 0.5) is 4.79 Å². The Balaban J connectivity index is 2.34. The molecule has 0 saturated heterocycles. The highest BCUT2D eigenvalue weighted by molar-refractivity contribution is 5.69. The molecule has 0 bridgehead atoms. The topological polar surface area (TPSA) is 49.8 Å². The second kappa shape index (κ2) is 6.06. The Morgan fingerprint density at radius 1 is 1.17 bits per heavy atom. The molecule has 4 heteroatoms. The van der Waals surface area contributed by atoms with Crippen LogP contribution in [0.15, 0.2) is 18.2 Å². The molecule has 1 unspecified atom stereocenters. The molecule has 1 aliphatic rings. The molecule has 0 aromatic heterocycles. The highest BCUT2D eigenvalue weighted by Gasteiger charge is 2.37. The van der Waals surface area contributed by atoms with Gasteiger partial charge in [0.15, 0.2) is 0 Å². The summed E-state index contributed by atoms with van der Waals surface area (Å²) in [7, 11) is 0. The third-order valence-corrected chi connectivity index (χ3v) is 4.23. The third-order valence-electron chi connectivity index (χ3n) is 4.23. The molecule has 1 heterocycles. The van der Waals surface area contributed by atoms with E-state index in [4.69, 9.17) is 4.74 Å². The Morgan fingerprint density at radius 3 is 2.39 bits per heavy atom. The zero-order valence-electron chi connectivity index (χ0n) is 15.1. The summed E-state index contributed by atoms with van der Waals surface area (Å²) in [4.78, 5) is 14.6. The van der Waals surface area contributed by atoms with Gasteiger partial charge in [-0.3, -0.25) is 0 Å². The van der Waals surface area contributed by atoms with E-state index in [0.29, 0.717) is 6.54 Å². The Labute approximate surface area is 139 Å². The van der Waals surface area contributed by atoms with Crippen molar-refractivity contribution >= 4 is 6.09 Å². The largest absolute Gasteiger partial charge is 0.508 e. The van der Waals surface area contributed by atoms with Crippen LogP contribution in [0.1, 0.15) is 52.7 Å². The summed E-state index contributed by atoms with van der Waals surface area (Å²) in [5, 5.41) is 9.79. The first-order valence-electron chi connectivity index (χ1n) is 8.28. The van der Waals surface area contributed by atoms with Gasteiger partial charge in [0.05, 0.1) is 0 Å². The molecule has 0 aliphatic carbocycles. The fourth-order valence-electron chi connectivity index (χ4n) is 3.07.